The number of carboxylic acids is 1. The lowest BCUT2D eigenvalue weighted by Gasteiger charge is -2.31. The van der Waals surface area contributed by atoms with Crippen molar-refractivity contribution in [2.75, 3.05) is 6.61 Å². The molecule has 2 rings (SSSR count). The quantitative estimate of drug-likeness (QED) is 0.918. The fraction of sp³-hybridized carbons (Fsp3) is 0.400. The van der Waals surface area contributed by atoms with Crippen molar-refractivity contribution in [3.63, 3.8) is 0 Å². The Morgan fingerprint density at radius 1 is 1.27 bits per heavy atom. The summed E-state index contributed by atoms with van der Waals surface area (Å²) in [4.78, 5) is 11.5. The highest BCUT2D eigenvalue weighted by atomic mass is 19.4. The Kier molecular flexibility index (Phi) is 4.19. The van der Waals surface area contributed by atoms with Crippen LogP contribution in [0.4, 0.5) is 13.2 Å². The number of aryl methyl sites for hydroxylation is 1. The van der Waals surface area contributed by atoms with Gasteiger partial charge >= 0.3 is 12.1 Å². The van der Waals surface area contributed by atoms with E-state index in [1.807, 2.05) is 0 Å². The van der Waals surface area contributed by atoms with Crippen LogP contribution in [0.1, 0.15) is 19.4 Å². The largest absolute Gasteiger partial charge is 0.479 e. The van der Waals surface area contributed by atoms with E-state index in [0.717, 1.165) is 0 Å². The molecule has 0 bridgehead atoms. The normalized spacial score (nSPS) is 15.0. The zero-order valence-corrected chi connectivity index (χ0v) is 12.1. The molecule has 0 aliphatic carbocycles. The van der Waals surface area contributed by atoms with Gasteiger partial charge in [0.2, 0.25) is 0 Å². The molecule has 22 heavy (non-hydrogen) atoms. The third kappa shape index (κ3) is 2.25. The van der Waals surface area contributed by atoms with Crippen molar-refractivity contribution in [3.05, 3.63) is 36.0 Å². The Morgan fingerprint density at radius 3 is 2.41 bits per heavy atom. The average molecular weight is 315 g/mol. The van der Waals surface area contributed by atoms with Crippen molar-refractivity contribution < 1.29 is 27.8 Å². The maximum absolute atomic E-state index is 13.6. The summed E-state index contributed by atoms with van der Waals surface area (Å²) in [5.41, 5.74) is -3.23. The molecule has 1 aromatic carbocycles. The molecule has 7 heteroatoms. The lowest BCUT2D eigenvalue weighted by atomic mass is 9.92. The number of para-hydroxylation sites is 1. The van der Waals surface area contributed by atoms with Crippen molar-refractivity contribution in [1.82, 2.24) is 4.57 Å². The molecule has 1 aromatic heterocycles. The number of ether oxygens (including phenoxy) is 1. The molecule has 0 fully saturated rings. The van der Waals surface area contributed by atoms with Crippen molar-refractivity contribution in [1.29, 1.82) is 0 Å². The average Bonchev–Trinajstić information content (AvgIpc) is 2.82. The van der Waals surface area contributed by atoms with Crippen molar-refractivity contribution in [2.45, 2.75) is 32.2 Å². The monoisotopic (exact) mass is 315 g/mol. The van der Waals surface area contributed by atoms with Crippen LogP contribution in [-0.4, -0.2) is 28.4 Å². The van der Waals surface area contributed by atoms with E-state index >= 15 is 0 Å². The Morgan fingerprint density at radius 2 is 1.91 bits per heavy atom. The van der Waals surface area contributed by atoms with Gasteiger partial charge in [-0.15, -0.1) is 0 Å². The standard InChI is InChI=1S/C15H16F3NO3/c1-3-19-9-11(10-7-5-6-8-12(10)19)14(13(20)21,22-4-2)15(16,17)18/h5-9H,3-4H2,1-2H3,(H,20,21). The molecule has 0 amide bonds. The second kappa shape index (κ2) is 5.64. The van der Waals surface area contributed by atoms with Crippen molar-refractivity contribution in [3.8, 4) is 0 Å². The van der Waals surface area contributed by atoms with Gasteiger partial charge in [0.15, 0.2) is 0 Å². The highest BCUT2D eigenvalue weighted by molar-refractivity contribution is 5.92. The number of hydrogen-bond donors (Lipinski definition) is 1. The number of carboxylic acid groups (broad SMARTS) is 1. The molecular weight excluding hydrogens is 299 g/mol. The number of aromatic nitrogens is 1. The van der Waals surface area contributed by atoms with E-state index in [0.29, 0.717) is 12.1 Å². The predicted octanol–water partition coefficient (Wildman–Crippen LogP) is 3.54. The van der Waals surface area contributed by atoms with Gasteiger partial charge < -0.3 is 14.4 Å². The number of halogens is 3. The fourth-order valence-corrected chi connectivity index (χ4v) is 2.62. The molecule has 1 N–H and O–H groups in total. The van der Waals surface area contributed by atoms with Gasteiger partial charge in [0, 0.05) is 35.8 Å². The van der Waals surface area contributed by atoms with Gasteiger partial charge in [0.1, 0.15) is 0 Å². The maximum atomic E-state index is 13.6. The van der Waals surface area contributed by atoms with Crippen LogP contribution in [0.25, 0.3) is 10.9 Å². The second-order valence-corrected chi connectivity index (χ2v) is 4.76. The van der Waals surface area contributed by atoms with Crippen LogP contribution in [0.3, 0.4) is 0 Å². The minimum atomic E-state index is -5.09. The third-order valence-electron chi connectivity index (χ3n) is 3.57. The molecule has 0 aliphatic heterocycles. The number of nitrogens with zero attached hydrogens (tertiary/aromatic N) is 1. The summed E-state index contributed by atoms with van der Waals surface area (Å²) in [6.45, 7) is 3.15. The molecule has 1 unspecified atom stereocenters. The Balaban J connectivity index is 2.86. The van der Waals surface area contributed by atoms with Crippen molar-refractivity contribution >= 4 is 16.9 Å². The molecule has 4 nitrogen and oxygen atoms in total. The minimum absolute atomic E-state index is 0.220. The minimum Gasteiger partial charge on any atom is -0.479 e. The number of alkyl halides is 3. The van der Waals surface area contributed by atoms with Gasteiger partial charge in [-0.1, -0.05) is 18.2 Å². The molecular formula is C15H16F3NO3. The smallest absolute Gasteiger partial charge is 0.432 e. The van der Waals surface area contributed by atoms with E-state index in [9.17, 15) is 23.1 Å². The molecule has 120 valence electrons. The number of carbonyl (C=O) groups is 1. The van der Waals surface area contributed by atoms with E-state index in [1.165, 1.54) is 19.2 Å². The highest BCUT2D eigenvalue weighted by Crippen LogP contribution is 2.45. The first-order valence-corrected chi connectivity index (χ1v) is 6.82. The molecule has 2 aromatic rings. The SMILES string of the molecule is CCOC(C(=O)O)(c1cn(CC)c2ccccc12)C(F)(F)F. The van der Waals surface area contributed by atoms with Gasteiger partial charge in [0.25, 0.3) is 5.60 Å². The van der Waals surface area contributed by atoms with Crippen LogP contribution in [0, 0.1) is 0 Å². The Bertz CT molecular complexity index is 693. The summed E-state index contributed by atoms with van der Waals surface area (Å²) in [6.07, 6.45) is -3.88. The van der Waals surface area contributed by atoms with Gasteiger partial charge in [-0.05, 0) is 19.9 Å². The van der Waals surface area contributed by atoms with E-state index in [1.54, 1.807) is 29.7 Å². The topological polar surface area (TPSA) is 51.5 Å². The number of benzene rings is 1. The first-order valence-electron chi connectivity index (χ1n) is 6.82. The molecule has 1 heterocycles. The van der Waals surface area contributed by atoms with Gasteiger partial charge in [-0.3, -0.25) is 0 Å². The van der Waals surface area contributed by atoms with Gasteiger partial charge in [0.05, 0.1) is 0 Å². The molecule has 0 aliphatic rings. The highest BCUT2D eigenvalue weighted by Gasteiger charge is 2.64. The Hall–Kier alpha value is -2.02. The molecule has 1 atom stereocenters. The predicted molar refractivity (Wildman–Crippen MR) is 74.6 cm³/mol. The van der Waals surface area contributed by atoms with Crippen LogP contribution in [-0.2, 0) is 21.7 Å². The van der Waals surface area contributed by atoms with E-state index in [-0.39, 0.29) is 12.0 Å². The van der Waals surface area contributed by atoms with Crippen LogP contribution < -0.4 is 0 Å². The van der Waals surface area contributed by atoms with Crippen LogP contribution >= 0.6 is 0 Å². The Labute approximate surface area is 125 Å². The summed E-state index contributed by atoms with van der Waals surface area (Å²) in [5.74, 6) is -2.07. The van der Waals surface area contributed by atoms with Gasteiger partial charge in [-0.2, -0.15) is 13.2 Å². The van der Waals surface area contributed by atoms with E-state index in [2.05, 4.69) is 0 Å². The van der Waals surface area contributed by atoms with Crippen LogP contribution in [0.2, 0.25) is 0 Å². The van der Waals surface area contributed by atoms with E-state index in [4.69, 9.17) is 4.74 Å². The number of hydrogen-bond acceptors (Lipinski definition) is 2. The molecule has 0 saturated heterocycles. The van der Waals surface area contributed by atoms with Gasteiger partial charge in [-0.25, -0.2) is 4.79 Å². The maximum Gasteiger partial charge on any atom is 0.432 e. The summed E-state index contributed by atoms with van der Waals surface area (Å²) >= 11 is 0. The lowest BCUT2D eigenvalue weighted by molar-refractivity contribution is -0.279. The van der Waals surface area contributed by atoms with E-state index < -0.39 is 23.3 Å². The second-order valence-electron chi connectivity index (χ2n) is 4.76. The zero-order valence-electron chi connectivity index (χ0n) is 12.1. The van der Waals surface area contributed by atoms with Crippen LogP contribution in [0.15, 0.2) is 30.5 Å². The number of rotatable bonds is 5. The number of fused-ring (bicyclic) bond motifs is 1. The summed E-state index contributed by atoms with van der Waals surface area (Å²) in [6, 6.07) is 6.38. The van der Waals surface area contributed by atoms with Crippen molar-refractivity contribution in [2.24, 2.45) is 0 Å². The first-order chi connectivity index (χ1) is 10.3. The molecule has 0 radical (unpaired) electrons. The first kappa shape index (κ1) is 16.4. The zero-order chi connectivity index (χ0) is 16.5. The summed E-state index contributed by atoms with van der Waals surface area (Å²) < 4.78 is 47.2. The van der Waals surface area contributed by atoms with Crippen LogP contribution in [0.5, 0.6) is 0 Å². The fourth-order valence-electron chi connectivity index (χ4n) is 2.62. The number of aliphatic carboxylic acids is 1. The molecule has 0 saturated carbocycles. The summed E-state index contributed by atoms with van der Waals surface area (Å²) in [5, 5.41) is 9.55. The third-order valence-corrected chi connectivity index (χ3v) is 3.57. The molecule has 0 spiro atoms. The summed E-state index contributed by atoms with van der Waals surface area (Å²) in [7, 11) is 0. The lowest BCUT2D eigenvalue weighted by Crippen LogP contribution is -2.51.